The molecule has 2 aromatic carbocycles. The van der Waals surface area contributed by atoms with Crippen molar-refractivity contribution in [1.82, 2.24) is 4.31 Å². The van der Waals surface area contributed by atoms with Crippen LogP contribution in [0.25, 0.3) is 4.91 Å². The Balaban J connectivity index is 1.71. The van der Waals surface area contributed by atoms with Crippen molar-refractivity contribution >= 4 is 38.1 Å². The number of halogens is 1. The van der Waals surface area contributed by atoms with E-state index in [-0.39, 0.29) is 11.6 Å². The predicted octanol–water partition coefficient (Wildman–Crippen LogP) is 5.32. The Morgan fingerprint density at radius 1 is 1.31 bits per heavy atom. The van der Waals surface area contributed by atoms with E-state index in [1.807, 2.05) is 32.0 Å². The number of anilines is 2. The lowest BCUT2D eigenvalue weighted by Gasteiger charge is -2.45. The summed E-state index contributed by atoms with van der Waals surface area (Å²) in [7, 11) is -3.71. The summed E-state index contributed by atoms with van der Waals surface area (Å²) in [5.74, 6) is 0.0155. The van der Waals surface area contributed by atoms with E-state index in [1.165, 1.54) is 22.5 Å². The number of piperidine rings is 1. The number of hydrogen-bond donors (Lipinski definition) is 2. The number of benzene rings is 2. The van der Waals surface area contributed by atoms with Gasteiger partial charge in [-0.15, -0.1) is 11.8 Å². The molecule has 3 rings (SSSR count). The van der Waals surface area contributed by atoms with Crippen molar-refractivity contribution in [2.45, 2.75) is 50.9 Å². The molecule has 174 valence electrons. The van der Waals surface area contributed by atoms with Crippen LogP contribution in [0.15, 0.2) is 49.0 Å². The maximum absolute atomic E-state index is 14.1. The number of nitrogens with zero attached hydrogens (tertiary/aromatic N) is 1. The highest BCUT2D eigenvalue weighted by molar-refractivity contribution is 8.08. The van der Waals surface area contributed by atoms with Crippen LogP contribution in [0.3, 0.4) is 0 Å². The van der Waals surface area contributed by atoms with Crippen molar-refractivity contribution in [2.24, 2.45) is 0 Å². The Labute approximate surface area is 195 Å². The molecule has 1 heterocycles. The number of nitrogen functional groups attached to an aromatic ring is 1. The molecule has 1 aliphatic heterocycles. The summed E-state index contributed by atoms with van der Waals surface area (Å²) >= 11 is 1.71. The first-order chi connectivity index (χ1) is 15.0. The molecule has 2 aromatic rings. The van der Waals surface area contributed by atoms with Crippen molar-refractivity contribution in [3.8, 4) is 0 Å². The average molecular weight is 478 g/mol. The fraction of sp³-hybridized carbons (Fsp3) is 0.417. The number of nitrogens with one attached hydrogen (secondary N) is 1. The number of rotatable bonds is 8. The van der Waals surface area contributed by atoms with E-state index in [4.69, 9.17) is 5.73 Å². The van der Waals surface area contributed by atoms with Gasteiger partial charge in [0.15, 0.2) is 0 Å². The SMILES string of the molecule is C=C(SCC)c1cccc(N[C@@H]2CCN(S(=O)(=O)Cc3cc(N)ccc3F)C(C)(C)C2)c1. The largest absolute Gasteiger partial charge is 0.399 e. The van der Waals surface area contributed by atoms with Crippen molar-refractivity contribution in [1.29, 1.82) is 0 Å². The van der Waals surface area contributed by atoms with Crippen molar-refractivity contribution in [3.63, 3.8) is 0 Å². The molecular formula is C24H32FN3O2S2. The van der Waals surface area contributed by atoms with Gasteiger partial charge in [0, 0.05) is 40.0 Å². The Morgan fingerprint density at radius 2 is 2.06 bits per heavy atom. The fourth-order valence-electron chi connectivity index (χ4n) is 4.28. The van der Waals surface area contributed by atoms with E-state index >= 15 is 0 Å². The lowest BCUT2D eigenvalue weighted by atomic mass is 9.89. The molecule has 0 spiro atoms. The summed E-state index contributed by atoms with van der Waals surface area (Å²) in [5.41, 5.74) is 7.65. The first-order valence-electron chi connectivity index (χ1n) is 10.7. The summed E-state index contributed by atoms with van der Waals surface area (Å²) in [5, 5.41) is 3.56. The molecule has 0 aliphatic carbocycles. The zero-order valence-electron chi connectivity index (χ0n) is 18.9. The van der Waals surface area contributed by atoms with Crippen LogP contribution in [-0.4, -0.2) is 36.6 Å². The minimum Gasteiger partial charge on any atom is -0.399 e. The molecule has 32 heavy (non-hydrogen) atoms. The van der Waals surface area contributed by atoms with Crippen LogP contribution in [0.2, 0.25) is 0 Å². The highest BCUT2D eigenvalue weighted by atomic mass is 32.2. The molecular weight excluding hydrogens is 445 g/mol. The third kappa shape index (κ3) is 5.85. The summed E-state index contributed by atoms with van der Waals surface area (Å²) in [6, 6.07) is 12.3. The van der Waals surface area contributed by atoms with Gasteiger partial charge in [-0.3, -0.25) is 0 Å². The quantitative estimate of drug-likeness (QED) is 0.504. The lowest BCUT2D eigenvalue weighted by Crippen LogP contribution is -2.55. The van der Waals surface area contributed by atoms with Gasteiger partial charge in [0.2, 0.25) is 10.0 Å². The number of nitrogens with two attached hydrogens (primary N) is 1. The zero-order valence-corrected chi connectivity index (χ0v) is 20.5. The van der Waals surface area contributed by atoms with Gasteiger partial charge in [-0.25, -0.2) is 12.8 Å². The fourth-order valence-corrected chi connectivity index (χ4v) is 6.90. The van der Waals surface area contributed by atoms with E-state index < -0.39 is 27.1 Å². The second-order valence-corrected chi connectivity index (χ2v) is 12.0. The van der Waals surface area contributed by atoms with Gasteiger partial charge in [-0.1, -0.05) is 25.6 Å². The number of thioether (sulfide) groups is 1. The molecule has 5 nitrogen and oxygen atoms in total. The monoisotopic (exact) mass is 477 g/mol. The molecule has 1 saturated heterocycles. The third-order valence-electron chi connectivity index (χ3n) is 5.72. The standard InChI is InChI=1S/C24H32FN3O2S2/c1-5-31-17(2)18-7-6-8-21(14-18)27-22-11-12-28(24(3,4)15-22)32(29,30)16-19-13-20(26)9-10-23(19)25/h6-10,13-14,22,27H,2,5,11-12,15-16,26H2,1,3-4H3/t22-/m1/s1. The Morgan fingerprint density at radius 3 is 2.75 bits per heavy atom. The van der Waals surface area contributed by atoms with E-state index in [1.54, 1.807) is 11.8 Å². The summed E-state index contributed by atoms with van der Waals surface area (Å²) in [6.45, 7) is 10.4. The molecule has 1 fully saturated rings. The zero-order chi connectivity index (χ0) is 23.5. The maximum Gasteiger partial charge on any atom is 0.218 e. The van der Waals surface area contributed by atoms with E-state index in [0.717, 1.165) is 21.9 Å². The molecule has 3 N–H and O–H groups in total. The van der Waals surface area contributed by atoms with Crippen molar-refractivity contribution in [2.75, 3.05) is 23.3 Å². The van der Waals surface area contributed by atoms with Crippen LogP contribution in [-0.2, 0) is 15.8 Å². The number of hydrogen-bond acceptors (Lipinski definition) is 5. The third-order valence-corrected chi connectivity index (χ3v) is 8.62. The maximum atomic E-state index is 14.1. The minimum absolute atomic E-state index is 0.100. The van der Waals surface area contributed by atoms with Gasteiger partial charge < -0.3 is 11.1 Å². The van der Waals surface area contributed by atoms with Gasteiger partial charge in [0.05, 0.1) is 5.75 Å². The Hall–Kier alpha value is -2.03. The van der Waals surface area contributed by atoms with Gasteiger partial charge >= 0.3 is 0 Å². The highest BCUT2D eigenvalue weighted by Crippen LogP contribution is 2.34. The second kappa shape index (κ2) is 9.85. The molecule has 8 heteroatoms. The lowest BCUT2D eigenvalue weighted by molar-refractivity contribution is 0.160. The Bertz CT molecular complexity index is 1090. The van der Waals surface area contributed by atoms with Crippen molar-refractivity contribution < 1.29 is 12.8 Å². The van der Waals surface area contributed by atoms with E-state index in [9.17, 15) is 12.8 Å². The van der Waals surface area contributed by atoms with Gasteiger partial charge in [-0.05, 0) is 68.3 Å². The molecule has 0 radical (unpaired) electrons. The first-order valence-corrected chi connectivity index (χ1v) is 13.3. The normalized spacial score (nSPS) is 18.9. The van der Waals surface area contributed by atoms with E-state index in [0.29, 0.717) is 25.1 Å². The first kappa shape index (κ1) is 24.6. The smallest absolute Gasteiger partial charge is 0.218 e. The molecule has 1 aliphatic rings. The van der Waals surface area contributed by atoms with Crippen LogP contribution >= 0.6 is 11.8 Å². The van der Waals surface area contributed by atoms with Gasteiger partial charge in [-0.2, -0.15) is 4.31 Å². The van der Waals surface area contributed by atoms with E-state index in [2.05, 4.69) is 24.9 Å². The van der Waals surface area contributed by atoms with Crippen LogP contribution in [0.1, 0.15) is 44.7 Å². The molecule has 0 unspecified atom stereocenters. The number of sulfonamides is 1. The van der Waals surface area contributed by atoms with Crippen LogP contribution in [0, 0.1) is 5.82 Å². The topological polar surface area (TPSA) is 75.4 Å². The van der Waals surface area contributed by atoms with Crippen LogP contribution in [0.4, 0.5) is 15.8 Å². The summed E-state index contributed by atoms with van der Waals surface area (Å²) in [6.07, 6.45) is 1.30. The summed E-state index contributed by atoms with van der Waals surface area (Å²) < 4.78 is 42.0. The van der Waals surface area contributed by atoms with Gasteiger partial charge in [0.1, 0.15) is 5.82 Å². The molecule has 0 saturated carbocycles. The highest BCUT2D eigenvalue weighted by Gasteiger charge is 2.41. The molecule has 0 bridgehead atoms. The van der Waals surface area contributed by atoms with Crippen LogP contribution in [0.5, 0.6) is 0 Å². The Kier molecular flexibility index (Phi) is 7.57. The second-order valence-electron chi connectivity index (χ2n) is 8.76. The van der Waals surface area contributed by atoms with Crippen molar-refractivity contribution in [3.05, 3.63) is 66.0 Å². The predicted molar refractivity (Wildman–Crippen MR) is 134 cm³/mol. The van der Waals surface area contributed by atoms with Crippen LogP contribution < -0.4 is 11.1 Å². The average Bonchev–Trinajstić information content (AvgIpc) is 2.70. The molecule has 0 aromatic heterocycles. The summed E-state index contributed by atoms with van der Waals surface area (Å²) in [4.78, 5) is 1.03. The van der Waals surface area contributed by atoms with Gasteiger partial charge in [0.25, 0.3) is 0 Å². The minimum atomic E-state index is -3.71. The molecule has 0 amide bonds. The molecule has 1 atom stereocenters.